The first-order valence-corrected chi connectivity index (χ1v) is 9.53. The van der Waals surface area contributed by atoms with Gasteiger partial charge in [0.25, 0.3) is 0 Å². The zero-order chi connectivity index (χ0) is 18.8. The number of nitrogens with one attached hydrogen (secondary N) is 1. The highest BCUT2D eigenvalue weighted by molar-refractivity contribution is 14.1. The molecule has 4 heterocycles. The van der Waals surface area contributed by atoms with Crippen molar-refractivity contribution >= 4 is 33.6 Å². The van der Waals surface area contributed by atoms with Crippen LogP contribution in [0.4, 0.5) is 0 Å². The van der Waals surface area contributed by atoms with E-state index in [-0.39, 0.29) is 12.3 Å². The average Bonchev–Trinajstić information content (AvgIpc) is 3.19. The molecule has 0 amide bonds. The lowest BCUT2D eigenvalue weighted by atomic mass is 10.0. The van der Waals surface area contributed by atoms with Crippen LogP contribution < -0.4 is 10.4 Å². The van der Waals surface area contributed by atoms with E-state index in [1.54, 1.807) is 10.8 Å². The molecule has 0 aliphatic carbocycles. The molecule has 0 saturated heterocycles. The number of hydrogen-bond acceptors (Lipinski definition) is 5. The Morgan fingerprint density at radius 3 is 2.81 bits per heavy atom. The van der Waals surface area contributed by atoms with Crippen LogP contribution in [0.2, 0.25) is 0 Å². The van der Waals surface area contributed by atoms with Crippen LogP contribution in [-0.4, -0.2) is 26.3 Å². The standard InChI is InChI=1S/C19H15IN4O3/c1-10-15(11(2)27-23-10)12-6-7-13-16-17(12)26-9-19(20,24(16)18(25)22-13)14-5-3-4-8-21-14/h3-8H,9H2,1-2H3,(H,22,25)/t19-/m0/s1. The highest BCUT2D eigenvalue weighted by atomic mass is 127. The molecule has 136 valence electrons. The molecule has 0 spiro atoms. The normalized spacial score (nSPS) is 18.6. The van der Waals surface area contributed by atoms with Gasteiger partial charge in [0.05, 0.1) is 22.5 Å². The van der Waals surface area contributed by atoms with Crippen LogP contribution in [0.5, 0.6) is 5.75 Å². The number of rotatable bonds is 2. The molecule has 1 aliphatic heterocycles. The minimum atomic E-state index is -0.737. The van der Waals surface area contributed by atoms with Gasteiger partial charge in [0.1, 0.15) is 17.9 Å². The first kappa shape index (κ1) is 16.5. The monoisotopic (exact) mass is 474 g/mol. The maximum absolute atomic E-state index is 12.9. The SMILES string of the molecule is Cc1noc(C)c1-c1ccc2[nH]c(=O)n3c2c1OC[C@@]3(I)c1ccccn1. The molecule has 1 aromatic carbocycles. The molecule has 1 atom stereocenters. The molecule has 0 radical (unpaired) electrons. The van der Waals surface area contributed by atoms with Gasteiger partial charge in [-0.1, -0.05) is 11.2 Å². The molecular formula is C19H15IN4O3. The lowest BCUT2D eigenvalue weighted by molar-refractivity contribution is 0.244. The summed E-state index contributed by atoms with van der Waals surface area (Å²) in [5.41, 5.74) is 4.57. The minimum absolute atomic E-state index is 0.189. The molecule has 8 heteroatoms. The Kier molecular flexibility index (Phi) is 3.48. The van der Waals surface area contributed by atoms with E-state index in [9.17, 15) is 4.79 Å². The maximum atomic E-state index is 12.9. The van der Waals surface area contributed by atoms with Crippen molar-refractivity contribution in [1.82, 2.24) is 19.7 Å². The van der Waals surface area contributed by atoms with Crippen molar-refractivity contribution in [1.29, 1.82) is 0 Å². The number of aromatic nitrogens is 4. The number of pyridine rings is 1. The second-order valence-electron chi connectivity index (χ2n) is 6.57. The summed E-state index contributed by atoms with van der Waals surface area (Å²) in [6, 6.07) is 9.50. The van der Waals surface area contributed by atoms with Gasteiger partial charge in [-0.25, -0.2) is 4.79 Å². The fourth-order valence-corrected chi connectivity index (χ4v) is 4.66. The Bertz CT molecular complexity index is 1220. The number of alkyl halides is 1. The number of hydrogen-bond donors (Lipinski definition) is 1. The van der Waals surface area contributed by atoms with Crippen molar-refractivity contribution in [2.75, 3.05) is 6.61 Å². The average molecular weight is 474 g/mol. The molecule has 7 nitrogen and oxygen atoms in total. The molecule has 27 heavy (non-hydrogen) atoms. The van der Waals surface area contributed by atoms with Gasteiger partial charge in [0, 0.05) is 11.8 Å². The highest BCUT2D eigenvalue weighted by Crippen LogP contribution is 2.46. The van der Waals surface area contributed by atoms with Gasteiger partial charge in [-0.15, -0.1) is 0 Å². The van der Waals surface area contributed by atoms with Crippen molar-refractivity contribution in [2.45, 2.75) is 17.4 Å². The molecule has 1 N–H and O–H groups in total. The Morgan fingerprint density at radius 1 is 1.26 bits per heavy atom. The van der Waals surface area contributed by atoms with Gasteiger partial charge in [-0.05, 0) is 60.7 Å². The zero-order valence-corrected chi connectivity index (χ0v) is 16.8. The Balaban J connectivity index is 1.85. The van der Waals surface area contributed by atoms with Gasteiger partial charge < -0.3 is 14.2 Å². The third kappa shape index (κ3) is 2.22. The summed E-state index contributed by atoms with van der Waals surface area (Å²) < 4.78 is 12.6. The number of halogens is 1. The summed E-state index contributed by atoms with van der Waals surface area (Å²) in [6.07, 6.45) is 1.72. The highest BCUT2D eigenvalue weighted by Gasteiger charge is 2.41. The lowest BCUT2D eigenvalue weighted by Crippen LogP contribution is -2.43. The van der Waals surface area contributed by atoms with Gasteiger partial charge in [-0.3, -0.25) is 9.55 Å². The number of aromatic amines is 1. The predicted molar refractivity (Wildman–Crippen MR) is 108 cm³/mol. The van der Waals surface area contributed by atoms with E-state index in [4.69, 9.17) is 9.26 Å². The second kappa shape index (κ2) is 5.69. The number of nitrogens with zero attached hydrogens (tertiary/aromatic N) is 3. The molecule has 3 aromatic heterocycles. The van der Waals surface area contributed by atoms with Gasteiger partial charge in [-0.2, -0.15) is 0 Å². The van der Waals surface area contributed by atoms with Crippen molar-refractivity contribution in [3.05, 3.63) is 64.2 Å². The third-order valence-electron chi connectivity index (χ3n) is 4.92. The van der Waals surface area contributed by atoms with Crippen molar-refractivity contribution < 1.29 is 9.26 Å². The van der Waals surface area contributed by atoms with Crippen LogP contribution in [0, 0.1) is 13.8 Å². The fourth-order valence-electron chi connectivity index (χ4n) is 3.73. The van der Waals surface area contributed by atoms with E-state index in [1.165, 1.54) is 0 Å². The smallest absolute Gasteiger partial charge is 0.328 e. The van der Waals surface area contributed by atoms with Crippen molar-refractivity contribution in [3.8, 4) is 16.9 Å². The number of benzene rings is 1. The second-order valence-corrected chi connectivity index (χ2v) is 8.35. The van der Waals surface area contributed by atoms with E-state index in [0.29, 0.717) is 11.5 Å². The Morgan fingerprint density at radius 2 is 2.11 bits per heavy atom. The number of imidazole rings is 1. The molecular weight excluding hydrogens is 459 g/mol. The topological polar surface area (TPSA) is 85.9 Å². The summed E-state index contributed by atoms with van der Waals surface area (Å²) in [7, 11) is 0. The molecule has 0 bridgehead atoms. The molecule has 1 aliphatic rings. The van der Waals surface area contributed by atoms with Crippen LogP contribution in [0.3, 0.4) is 0 Å². The molecule has 5 rings (SSSR count). The summed E-state index contributed by atoms with van der Waals surface area (Å²) in [5, 5.41) is 4.05. The molecule has 0 saturated carbocycles. The van der Waals surface area contributed by atoms with E-state index < -0.39 is 3.55 Å². The number of aryl methyl sites for hydroxylation is 2. The first-order valence-electron chi connectivity index (χ1n) is 8.45. The van der Waals surface area contributed by atoms with Crippen LogP contribution >= 0.6 is 22.6 Å². The lowest BCUT2D eigenvalue weighted by Gasteiger charge is -2.33. The summed E-state index contributed by atoms with van der Waals surface area (Å²) >= 11 is 2.25. The quantitative estimate of drug-likeness (QED) is 0.355. The minimum Gasteiger partial charge on any atom is -0.487 e. The zero-order valence-electron chi connectivity index (χ0n) is 14.6. The maximum Gasteiger partial charge on any atom is 0.328 e. The predicted octanol–water partition coefficient (Wildman–Crippen LogP) is 3.52. The van der Waals surface area contributed by atoms with Crippen LogP contribution in [-0.2, 0) is 3.55 Å². The summed E-state index contributed by atoms with van der Waals surface area (Å²) in [6.45, 7) is 4.05. The van der Waals surface area contributed by atoms with E-state index in [0.717, 1.165) is 33.5 Å². The fraction of sp³-hybridized carbons (Fsp3) is 0.211. The van der Waals surface area contributed by atoms with Crippen molar-refractivity contribution in [3.63, 3.8) is 0 Å². The van der Waals surface area contributed by atoms with Crippen molar-refractivity contribution in [2.24, 2.45) is 0 Å². The van der Waals surface area contributed by atoms with Crippen LogP contribution in [0.25, 0.3) is 22.2 Å². The Hall–Kier alpha value is -2.62. The summed E-state index contributed by atoms with van der Waals surface area (Å²) in [5.74, 6) is 1.37. The Labute approximate surface area is 167 Å². The van der Waals surface area contributed by atoms with Gasteiger partial charge in [0.2, 0.25) is 0 Å². The van der Waals surface area contributed by atoms with Crippen LogP contribution in [0.1, 0.15) is 17.1 Å². The number of ether oxygens (including phenoxy) is 1. The largest absolute Gasteiger partial charge is 0.487 e. The van der Waals surface area contributed by atoms with E-state index in [1.807, 2.05) is 44.2 Å². The van der Waals surface area contributed by atoms with Gasteiger partial charge >= 0.3 is 5.69 Å². The number of H-pyrrole nitrogens is 1. The summed E-state index contributed by atoms with van der Waals surface area (Å²) in [4.78, 5) is 20.3. The molecule has 0 fully saturated rings. The van der Waals surface area contributed by atoms with E-state index in [2.05, 4.69) is 37.7 Å². The van der Waals surface area contributed by atoms with Gasteiger partial charge in [0.15, 0.2) is 9.30 Å². The third-order valence-corrected chi connectivity index (χ3v) is 6.27. The first-order chi connectivity index (χ1) is 13.0. The molecule has 0 unspecified atom stereocenters. The van der Waals surface area contributed by atoms with Crippen LogP contribution in [0.15, 0.2) is 45.8 Å². The van der Waals surface area contributed by atoms with E-state index >= 15 is 0 Å². The molecule has 4 aromatic rings.